The quantitative estimate of drug-likeness (QED) is 0.714. The Bertz CT molecular complexity index is 639. The van der Waals surface area contributed by atoms with E-state index in [1.807, 2.05) is 0 Å². The highest BCUT2D eigenvalue weighted by atomic mass is 79.9. The van der Waals surface area contributed by atoms with Crippen LogP contribution in [0.4, 0.5) is 0 Å². The van der Waals surface area contributed by atoms with E-state index < -0.39 is 15.8 Å². The van der Waals surface area contributed by atoms with E-state index in [-0.39, 0.29) is 10.0 Å². The molecule has 3 rings (SSSR count). The fourth-order valence-corrected chi connectivity index (χ4v) is 4.56. The van der Waals surface area contributed by atoms with Gasteiger partial charge < -0.3 is 9.47 Å². The molecule has 2 aliphatic heterocycles. The van der Waals surface area contributed by atoms with Gasteiger partial charge in [-0.05, 0) is 22.0 Å². The number of hydrogen-bond acceptors (Lipinski definition) is 5. The van der Waals surface area contributed by atoms with Crippen molar-refractivity contribution in [3.05, 3.63) is 21.9 Å². The number of ether oxygens (including phenoxy) is 2. The molecule has 0 aromatic carbocycles. The zero-order valence-corrected chi connectivity index (χ0v) is 14.2. The summed E-state index contributed by atoms with van der Waals surface area (Å²) >= 11 is 8.99. The first-order valence-electron chi connectivity index (χ1n) is 6.52. The zero-order valence-electron chi connectivity index (χ0n) is 11.1. The van der Waals surface area contributed by atoms with Crippen LogP contribution in [0.25, 0.3) is 0 Å². The normalized spacial score (nSPS) is 22.8. The van der Waals surface area contributed by atoms with Crippen LogP contribution in [0.1, 0.15) is 12.8 Å². The van der Waals surface area contributed by atoms with E-state index in [2.05, 4.69) is 20.9 Å². The molecule has 9 heteroatoms. The Morgan fingerprint density at radius 3 is 2.48 bits per heavy atom. The standard InChI is InChI=1S/C12H14BrClN2O4S/c13-10-7-9(8-15-11(10)14)21(17,18)16-3-1-12(2-4-16)19-5-6-20-12/h7-8H,1-6H2. The van der Waals surface area contributed by atoms with Crippen LogP contribution in [0, 0.1) is 0 Å². The van der Waals surface area contributed by atoms with E-state index in [1.165, 1.54) is 16.6 Å². The lowest BCUT2D eigenvalue weighted by Gasteiger charge is -2.36. The van der Waals surface area contributed by atoms with Crippen molar-refractivity contribution in [1.82, 2.24) is 9.29 Å². The number of nitrogens with zero attached hydrogens (tertiary/aromatic N) is 2. The Balaban J connectivity index is 1.78. The summed E-state index contributed by atoms with van der Waals surface area (Å²) < 4.78 is 38.3. The first-order valence-corrected chi connectivity index (χ1v) is 9.13. The summed E-state index contributed by atoms with van der Waals surface area (Å²) in [5.41, 5.74) is 0. The van der Waals surface area contributed by atoms with Crippen LogP contribution < -0.4 is 0 Å². The van der Waals surface area contributed by atoms with Gasteiger partial charge in [-0.2, -0.15) is 4.31 Å². The maximum absolute atomic E-state index is 12.6. The molecule has 0 saturated carbocycles. The van der Waals surface area contributed by atoms with Crippen LogP contribution in [0.5, 0.6) is 0 Å². The van der Waals surface area contributed by atoms with Crippen LogP contribution in [0.15, 0.2) is 21.6 Å². The van der Waals surface area contributed by atoms with Crippen LogP contribution >= 0.6 is 27.5 Å². The van der Waals surface area contributed by atoms with Crippen LogP contribution in [-0.2, 0) is 19.5 Å². The molecule has 6 nitrogen and oxygen atoms in total. The average Bonchev–Trinajstić information content (AvgIpc) is 2.90. The van der Waals surface area contributed by atoms with Gasteiger partial charge in [-0.3, -0.25) is 0 Å². The maximum Gasteiger partial charge on any atom is 0.244 e. The van der Waals surface area contributed by atoms with E-state index >= 15 is 0 Å². The van der Waals surface area contributed by atoms with Gasteiger partial charge in [-0.15, -0.1) is 0 Å². The van der Waals surface area contributed by atoms with Crippen LogP contribution in [-0.4, -0.2) is 49.8 Å². The predicted octanol–water partition coefficient (Wildman–Crippen LogP) is 2.03. The Morgan fingerprint density at radius 1 is 1.29 bits per heavy atom. The molecule has 1 spiro atoms. The Hall–Kier alpha value is -0.250. The summed E-state index contributed by atoms with van der Waals surface area (Å²) in [5.74, 6) is -0.592. The molecule has 21 heavy (non-hydrogen) atoms. The minimum absolute atomic E-state index is 0.128. The molecular formula is C12H14BrClN2O4S. The molecule has 0 bridgehead atoms. The minimum Gasteiger partial charge on any atom is -0.347 e. The molecule has 0 unspecified atom stereocenters. The fourth-order valence-electron chi connectivity index (χ4n) is 2.55. The largest absolute Gasteiger partial charge is 0.347 e. The highest BCUT2D eigenvalue weighted by Gasteiger charge is 2.42. The number of pyridine rings is 1. The summed E-state index contributed by atoms with van der Waals surface area (Å²) in [6.07, 6.45) is 2.35. The Kier molecular flexibility index (Phi) is 4.28. The van der Waals surface area contributed by atoms with Crippen LogP contribution in [0.2, 0.25) is 5.15 Å². The van der Waals surface area contributed by atoms with Gasteiger partial charge in [0.25, 0.3) is 0 Å². The van der Waals surface area contributed by atoms with Gasteiger partial charge in [-0.1, -0.05) is 11.6 Å². The number of sulfonamides is 1. The number of aromatic nitrogens is 1. The van der Waals surface area contributed by atoms with Crippen molar-refractivity contribution >= 4 is 37.6 Å². The van der Waals surface area contributed by atoms with Crippen molar-refractivity contribution < 1.29 is 17.9 Å². The van der Waals surface area contributed by atoms with E-state index in [4.69, 9.17) is 21.1 Å². The molecule has 2 fully saturated rings. The van der Waals surface area contributed by atoms with Gasteiger partial charge in [0.05, 0.1) is 17.7 Å². The molecule has 0 aliphatic carbocycles. The SMILES string of the molecule is O=S(=O)(c1cnc(Cl)c(Br)c1)N1CCC2(CC1)OCCO2. The smallest absolute Gasteiger partial charge is 0.244 e. The van der Waals surface area contributed by atoms with Crippen molar-refractivity contribution in [3.8, 4) is 0 Å². The first-order chi connectivity index (χ1) is 9.93. The summed E-state index contributed by atoms with van der Waals surface area (Å²) in [6.45, 7) is 1.87. The maximum atomic E-state index is 12.6. The van der Waals surface area contributed by atoms with E-state index in [0.717, 1.165) is 0 Å². The second-order valence-electron chi connectivity index (χ2n) is 4.96. The van der Waals surface area contributed by atoms with Gasteiger partial charge in [-0.25, -0.2) is 13.4 Å². The van der Waals surface area contributed by atoms with Crippen molar-refractivity contribution in [1.29, 1.82) is 0 Å². The second-order valence-corrected chi connectivity index (χ2v) is 8.11. The molecule has 0 radical (unpaired) electrons. The van der Waals surface area contributed by atoms with Crippen LogP contribution in [0.3, 0.4) is 0 Å². The summed E-state index contributed by atoms with van der Waals surface area (Å²) in [7, 11) is -3.58. The minimum atomic E-state index is -3.58. The lowest BCUT2D eigenvalue weighted by Crippen LogP contribution is -2.47. The van der Waals surface area contributed by atoms with Crippen molar-refractivity contribution in [2.45, 2.75) is 23.5 Å². The molecule has 116 valence electrons. The zero-order chi connectivity index (χ0) is 15.1. The monoisotopic (exact) mass is 396 g/mol. The van der Waals surface area contributed by atoms with Crippen molar-refractivity contribution in [2.75, 3.05) is 26.3 Å². The molecular weight excluding hydrogens is 384 g/mol. The van der Waals surface area contributed by atoms with Crippen molar-refractivity contribution in [2.24, 2.45) is 0 Å². The predicted molar refractivity (Wildman–Crippen MR) is 79.6 cm³/mol. The number of rotatable bonds is 2. The first kappa shape index (κ1) is 15.6. The third-order valence-corrected chi connectivity index (χ3v) is 6.70. The molecule has 0 amide bonds. The molecule has 2 saturated heterocycles. The van der Waals surface area contributed by atoms with E-state index in [9.17, 15) is 8.42 Å². The van der Waals surface area contributed by atoms with Gasteiger partial charge in [0.1, 0.15) is 10.0 Å². The second kappa shape index (κ2) is 5.75. The van der Waals surface area contributed by atoms with Gasteiger partial charge >= 0.3 is 0 Å². The van der Waals surface area contributed by atoms with Gasteiger partial charge in [0.15, 0.2) is 5.79 Å². The highest BCUT2D eigenvalue weighted by molar-refractivity contribution is 9.10. The molecule has 2 aliphatic rings. The third kappa shape index (κ3) is 2.97. The molecule has 1 aromatic heterocycles. The third-order valence-electron chi connectivity index (χ3n) is 3.71. The fraction of sp³-hybridized carbons (Fsp3) is 0.583. The molecule has 1 aromatic rings. The Labute approximate surface area is 136 Å². The Morgan fingerprint density at radius 2 is 1.90 bits per heavy atom. The summed E-state index contributed by atoms with van der Waals surface area (Å²) in [4.78, 5) is 4.00. The lowest BCUT2D eigenvalue weighted by atomic mass is 10.1. The molecule has 0 N–H and O–H groups in total. The summed E-state index contributed by atoms with van der Waals surface area (Å²) in [5, 5.41) is 0.235. The van der Waals surface area contributed by atoms with Gasteiger partial charge in [0.2, 0.25) is 10.0 Å². The number of hydrogen-bond donors (Lipinski definition) is 0. The average molecular weight is 398 g/mol. The lowest BCUT2D eigenvalue weighted by molar-refractivity contribution is -0.179. The molecule has 3 heterocycles. The molecule has 0 atom stereocenters. The highest BCUT2D eigenvalue weighted by Crippen LogP contribution is 2.34. The van der Waals surface area contributed by atoms with E-state index in [1.54, 1.807) is 0 Å². The van der Waals surface area contributed by atoms with Crippen molar-refractivity contribution in [3.63, 3.8) is 0 Å². The van der Waals surface area contributed by atoms with Gasteiger partial charge in [0, 0.05) is 32.1 Å². The topological polar surface area (TPSA) is 68.7 Å². The van der Waals surface area contributed by atoms with E-state index in [0.29, 0.717) is 43.6 Å². The number of piperidine rings is 1. The summed E-state index contributed by atoms with van der Waals surface area (Å²) in [6, 6.07) is 1.47. The number of halogens is 2.